The van der Waals surface area contributed by atoms with Gasteiger partial charge in [0, 0.05) is 17.7 Å². The van der Waals surface area contributed by atoms with Crippen molar-refractivity contribution < 1.29 is 13.9 Å². The van der Waals surface area contributed by atoms with E-state index in [9.17, 15) is 9.59 Å². The average molecular weight is 322 g/mol. The van der Waals surface area contributed by atoms with Crippen LogP contribution in [0.15, 0.2) is 51.7 Å². The van der Waals surface area contributed by atoms with Crippen LogP contribution < -0.4 is 15.8 Å². The summed E-state index contributed by atoms with van der Waals surface area (Å²) in [4.78, 5) is 25.9. The number of nitrogens with one attached hydrogen (secondary N) is 2. The highest BCUT2D eigenvalue weighted by Gasteiger charge is 2.08. The maximum absolute atomic E-state index is 12.3. The number of ether oxygens (including phenoxy) is 1. The molecule has 2 N–H and O–H groups in total. The third-order valence-electron chi connectivity index (χ3n) is 3.31. The Morgan fingerprint density at radius 3 is 2.79 bits per heavy atom. The van der Waals surface area contributed by atoms with Gasteiger partial charge < -0.3 is 14.5 Å². The second kappa shape index (κ2) is 6.75. The standard InChI is InChI=1S/C18H14N2O4/c1-2-3-10-23-14-7-4-12(5-8-14)17(21)19-13-6-9-16-15(11-13)20-18(22)24-16/h1,4-9,11H,3,10H2,(H,19,21)(H,20,22). The zero-order chi connectivity index (χ0) is 16.9. The largest absolute Gasteiger partial charge is 0.493 e. The first kappa shape index (κ1) is 15.4. The van der Waals surface area contributed by atoms with E-state index in [-0.39, 0.29) is 5.91 Å². The van der Waals surface area contributed by atoms with E-state index in [1.807, 2.05) is 0 Å². The number of fused-ring (bicyclic) bond motifs is 1. The summed E-state index contributed by atoms with van der Waals surface area (Å²) in [5.41, 5.74) is 2.00. The van der Waals surface area contributed by atoms with E-state index < -0.39 is 5.76 Å². The molecule has 0 atom stereocenters. The summed E-state index contributed by atoms with van der Waals surface area (Å²) in [5.74, 6) is 2.34. The molecule has 0 bridgehead atoms. The number of anilines is 1. The van der Waals surface area contributed by atoms with Crippen molar-refractivity contribution in [1.82, 2.24) is 4.98 Å². The van der Waals surface area contributed by atoms with Crippen LogP contribution in [0.5, 0.6) is 5.75 Å². The maximum atomic E-state index is 12.3. The molecule has 0 saturated carbocycles. The van der Waals surface area contributed by atoms with Gasteiger partial charge in [0.15, 0.2) is 5.58 Å². The number of carbonyl (C=O) groups is 1. The lowest BCUT2D eigenvalue weighted by molar-refractivity contribution is 0.102. The molecule has 2 aromatic carbocycles. The lowest BCUT2D eigenvalue weighted by atomic mass is 10.2. The molecule has 6 nitrogen and oxygen atoms in total. The van der Waals surface area contributed by atoms with Crippen LogP contribution in [0.25, 0.3) is 11.1 Å². The lowest BCUT2D eigenvalue weighted by Gasteiger charge is -2.07. The minimum atomic E-state index is -0.533. The van der Waals surface area contributed by atoms with Crippen molar-refractivity contribution in [2.24, 2.45) is 0 Å². The number of aromatic nitrogens is 1. The summed E-state index contributed by atoms with van der Waals surface area (Å²) < 4.78 is 10.3. The normalized spacial score (nSPS) is 10.3. The Kier molecular flexibility index (Phi) is 4.34. The molecule has 6 heteroatoms. The molecule has 0 aliphatic heterocycles. The molecule has 1 aromatic heterocycles. The Balaban J connectivity index is 1.69. The fourth-order valence-corrected chi connectivity index (χ4v) is 2.16. The van der Waals surface area contributed by atoms with E-state index >= 15 is 0 Å². The predicted molar refractivity (Wildman–Crippen MR) is 90.2 cm³/mol. The van der Waals surface area contributed by atoms with Gasteiger partial charge in [0.05, 0.1) is 12.1 Å². The molecule has 0 fully saturated rings. The van der Waals surface area contributed by atoms with E-state index in [1.54, 1.807) is 42.5 Å². The number of amides is 1. The molecular weight excluding hydrogens is 308 g/mol. The van der Waals surface area contributed by atoms with Crippen molar-refractivity contribution in [3.63, 3.8) is 0 Å². The molecule has 120 valence electrons. The van der Waals surface area contributed by atoms with Gasteiger partial charge in [-0.3, -0.25) is 9.78 Å². The molecule has 1 heterocycles. The monoisotopic (exact) mass is 322 g/mol. The van der Waals surface area contributed by atoms with Gasteiger partial charge in [-0.2, -0.15) is 0 Å². The van der Waals surface area contributed by atoms with Crippen molar-refractivity contribution >= 4 is 22.7 Å². The Labute approximate surface area is 137 Å². The van der Waals surface area contributed by atoms with Gasteiger partial charge in [-0.25, -0.2) is 4.79 Å². The number of rotatable bonds is 5. The third-order valence-corrected chi connectivity index (χ3v) is 3.31. The van der Waals surface area contributed by atoms with Gasteiger partial charge in [-0.05, 0) is 42.5 Å². The van der Waals surface area contributed by atoms with Crippen LogP contribution in [0.2, 0.25) is 0 Å². The molecule has 0 saturated heterocycles. The number of oxazole rings is 1. The third kappa shape index (κ3) is 3.47. The van der Waals surface area contributed by atoms with Gasteiger partial charge in [0.25, 0.3) is 5.91 Å². The van der Waals surface area contributed by atoms with Gasteiger partial charge in [0.1, 0.15) is 5.75 Å². The molecule has 0 aliphatic carbocycles. The van der Waals surface area contributed by atoms with Gasteiger partial charge in [-0.15, -0.1) is 12.3 Å². The number of hydrogen-bond acceptors (Lipinski definition) is 4. The first-order valence-corrected chi connectivity index (χ1v) is 7.26. The number of carbonyl (C=O) groups excluding carboxylic acids is 1. The maximum Gasteiger partial charge on any atom is 0.417 e. The Bertz CT molecular complexity index is 961. The minimum Gasteiger partial charge on any atom is -0.493 e. The first-order valence-electron chi connectivity index (χ1n) is 7.26. The highest BCUT2D eigenvalue weighted by molar-refractivity contribution is 6.04. The van der Waals surface area contributed by atoms with Crippen molar-refractivity contribution in [1.29, 1.82) is 0 Å². The topological polar surface area (TPSA) is 84.3 Å². The predicted octanol–water partition coefficient (Wildman–Crippen LogP) is 2.78. The number of hydrogen-bond donors (Lipinski definition) is 2. The van der Waals surface area contributed by atoms with Crippen LogP contribution in [-0.2, 0) is 0 Å². The number of H-pyrrole nitrogens is 1. The molecule has 1 amide bonds. The van der Waals surface area contributed by atoms with Gasteiger partial charge in [0.2, 0.25) is 0 Å². The SMILES string of the molecule is C#CCCOc1ccc(C(=O)Nc2ccc3oc(=O)[nH]c3c2)cc1. The number of benzene rings is 2. The smallest absolute Gasteiger partial charge is 0.417 e. The van der Waals surface area contributed by atoms with Crippen molar-refractivity contribution in [2.45, 2.75) is 6.42 Å². The lowest BCUT2D eigenvalue weighted by Crippen LogP contribution is -2.11. The molecule has 24 heavy (non-hydrogen) atoms. The first-order chi connectivity index (χ1) is 11.7. The highest BCUT2D eigenvalue weighted by Crippen LogP contribution is 2.18. The summed E-state index contributed by atoms with van der Waals surface area (Å²) in [6.07, 6.45) is 5.69. The zero-order valence-electron chi connectivity index (χ0n) is 12.7. The Morgan fingerprint density at radius 2 is 2.04 bits per heavy atom. The van der Waals surface area contributed by atoms with E-state index in [0.29, 0.717) is 41.1 Å². The fraction of sp³-hybridized carbons (Fsp3) is 0.111. The fourth-order valence-electron chi connectivity index (χ4n) is 2.16. The summed E-state index contributed by atoms with van der Waals surface area (Å²) in [6.45, 7) is 0.435. The molecular formula is C18H14N2O4. The van der Waals surface area contributed by atoms with E-state index in [4.69, 9.17) is 15.6 Å². The van der Waals surface area contributed by atoms with E-state index in [1.165, 1.54) is 0 Å². The molecule has 0 radical (unpaired) electrons. The van der Waals surface area contributed by atoms with Crippen LogP contribution in [0.1, 0.15) is 16.8 Å². The molecule has 3 rings (SSSR count). The Hall–Kier alpha value is -3.46. The number of aromatic amines is 1. The van der Waals surface area contributed by atoms with Crippen molar-refractivity contribution in [3.05, 3.63) is 58.6 Å². The second-order valence-electron chi connectivity index (χ2n) is 5.01. The highest BCUT2D eigenvalue weighted by atomic mass is 16.5. The van der Waals surface area contributed by atoms with Crippen molar-refractivity contribution in [2.75, 3.05) is 11.9 Å². The summed E-state index contributed by atoms with van der Waals surface area (Å²) in [7, 11) is 0. The minimum absolute atomic E-state index is 0.268. The summed E-state index contributed by atoms with van der Waals surface area (Å²) in [5, 5.41) is 2.76. The summed E-state index contributed by atoms with van der Waals surface area (Å²) in [6, 6.07) is 11.7. The molecule has 0 aliphatic rings. The Morgan fingerprint density at radius 1 is 1.25 bits per heavy atom. The van der Waals surface area contributed by atoms with Crippen molar-refractivity contribution in [3.8, 4) is 18.1 Å². The summed E-state index contributed by atoms with van der Waals surface area (Å²) >= 11 is 0. The van der Waals surface area contributed by atoms with Crippen LogP contribution >= 0.6 is 0 Å². The van der Waals surface area contributed by atoms with E-state index in [2.05, 4.69) is 16.2 Å². The second-order valence-corrected chi connectivity index (χ2v) is 5.01. The van der Waals surface area contributed by atoms with Crippen LogP contribution in [-0.4, -0.2) is 17.5 Å². The molecule has 0 unspecified atom stereocenters. The van der Waals surface area contributed by atoms with Crippen LogP contribution in [0.3, 0.4) is 0 Å². The van der Waals surface area contributed by atoms with Crippen LogP contribution in [0.4, 0.5) is 5.69 Å². The van der Waals surface area contributed by atoms with Crippen LogP contribution in [0, 0.1) is 12.3 Å². The number of terminal acetylenes is 1. The molecule has 3 aromatic rings. The average Bonchev–Trinajstić information content (AvgIpc) is 2.95. The van der Waals surface area contributed by atoms with Gasteiger partial charge >= 0.3 is 5.76 Å². The quantitative estimate of drug-likeness (QED) is 0.559. The van der Waals surface area contributed by atoms with E-state index in [0.717, 1.165) is 0 Å². The molecule has 0 spiro atoms. The van der Waals surface area contributed by atoms with Gasteiger partial charge in [-0.1, -0.05) is 0 Å². The zero-order valence-corrected chi connectivity index (χ0v) is 12.7.